The van der Waals surface area contributed by atoms with Crippen molar-refractivity contribution in [2.45, 2.75) is 6.92 Å². The summed E-state index contributed by atoms with van der Waals surface area (Å²) >= 11 is 11.7. The molecule has 0 aliphatic heterocycles. The van der Waals surface area contributed by atoms with Gasteiger partial charge in [-0.2, -0.15) is 5.10 Å². The molecular formula is C11H8Cl2N4O2. The van der Waals surface area contributed by atoms with Crippen LogP contribution in [-0.4, -0.2) is 26.8 Å². The third-order valence-electron chi connectivity index (χ3n) is 2.19. The molecule has 1 aromatic carbocycles. The number of nitrogens with one attached hydrogen (secondary N) is 1. The van der Waals surface area contributed by atoms with Crippen LogP contribution in [0.3, 0.4) is 0 Å². The number of nitrogens with zero attached hydrogens (tertiary/aromatic N) is 3. The lowest BCUT2D eigenvalue weighted by Gasteiger charge is -2.05. The van der Waals surface area contributed by atoms with Crippen molar-refractivity contribution in [2.24, 2.45) is 0 Å². The van der Waals surface area contributed by atoms with Crippen LogP contribution >= 0.6 is 23.2 Å². The number of hydrogen-bond acceptors (Lipinski definition) is 4. The quantitative estimate of drug-likeness (QED) is 0.924. The molecule has 6 nitrogen and oxygen atoms in total. The van der Waals surface area contributed by atoms with Crippen molar-refractivity contribution < 1.29 is 9.59 Å². The average Bonchev–Trinajstić information content (AvgIpc) is 2.82. The van der Waals surface area contributed by atoms with Crippen LogP contribution in [0.1, 0.15) is 22.2 Å². The molecule has 1 aromatic heterocycles. The van der Waals surface area contributed by atoms with Crippen LogP contribution in [0, 0.1) is 0 Å². The lowest BCUT2D eigenvalue weighted by atomic mass is 10.3. The Kier molecular flexibility index (Phi) is 3.82. The third kappa shape index (κ3) is 3.10. The zero-order chi connectivity index (χ0) is 14.0. The van der Waals surface area contributed by atoms with Crippen molar-refractivity contribution in [3.05, 3.63) is 40.1 Å². The first-order valence-electron chi connectivity index (χ1n) is 5.17. The second kappa shape index (κ2) is 5.38. The molecule has 2 aromatic rings. The molecule has 0 bridgehead atoms. The van der Waals surface area contributed by atoms with Crippen LogP contribution in [0.4, 0.5) is 5.69 Å². The zero-order valence-corrected chi connectivity index (χ0v) is 11.2. The molecule has 0 aliphatic carbocycles. The van der Waals surface area contributed by atoms with Gasteiger partial charge in [0.15, 0.2) is 5.69 Å². The normalized spacial score (nSPS) is 10.3. The molecule has 8 heteroatoms. The van der Waals surface area contributed by atoms with Crippen molar-refractivity contribution in [2.75, 3.05) is 5.32 Å². The van der Waals surface area contributed by atoms with Crippen LogP contribution in [0.5, 0.6) is 0 Å². The second-order valence-corrected chi connectivity index (χ2v) is 4.46. The molecule has 0 aliphatic rings. The third-order valence-corrected chi connectivity index (χ3v) is 2.73. The van der Waals surface area contributed by atoms with E-state index in [4.69, 9.17) is 23.2 Å². The summed E-state index contributed by atoms with van der Waals surface area (Å²) in [6.07, 6.45) is 1.19. The summed E-state index contributed by atoms with van der Waals surface area (Å²) in [5.74, 6) is -0.903. The summed E-state index contributed by atoms with van der Waals surface area (Å²) in [4.78, 5) is 23.7. The first-order chi connectivity index (χ1) is 8.97. The van der Waals surface area contributed by atoms with E-state index in [-0.39, 0.29) is 11.6 Å². The van der Waals surface area contributed by atoms with Gasteiger partial charge < -0.3 is 5.32 Å². The van der Waals surface area contributed by atoms with E-state index < -0.39 is 5.91 Å². The Hall–Kier alpha value is -1.92. The van der Waals surface area contributed by atoms with E-state index in [9.17, 15) is 9.59 Å². The van der Waals surface area contributed by atoms with Crippen LogP contribution in [0.15, 0.2) is 24.4 Å². The molecule has 2 rings (SSSR count). The molecule has 0 unspecified atom stereocenters. The monoisotopic (exact) mass is 298 g/mol. The maximum Gasteiger partial charge on any atom is 0.277 e. The number of hydrogen-bond donors (Lipinski definition) is 1. The minimum Gasteiger partial charge on any atom is -0.319 e. The van der Waals surface area contributed by atoms with Gasteiger partial charge in [-0.05, 0) is 18.2 Å². The number of amides is 1. The van der Waals surface area contributed by atoms with Gasteiger partial charge in [-0.3, -0.25) is 9.59 Å². The second-order valence-electron chi connectivity index (χ2n) is 3.62. The van der Waals surface area contributed by atoms with E-state index in [1.165, 1.54) is 19.2 Å². The lowest BCUT2D eigenvalue weighted by Crippen LogP contribution is -2.15. The minimum atomic E-state index is -0.517. The molecule has 0 spiro atoms. The molecule has 1 heterocycles. The molecule has 1 amide bonds. The lowest BCUT2D eigenvalue weighted by molar-refractivity contribution is 0.0902. The highest BCUT2D eigenvalue weighted by atomic mass is 35.5. The van der Waals surface area contributed by atoms with Crippen molar-refractivity contribution in [1.29, 1.82) is 0 Å². The predicted molar refractivity (Wildman–Crippen MR) is 70.7 cm³/mol. The summed E-state index contributed by atoms with van der Waals surface area (Å²) in [7, 11) is 0. The van der Waals surface area contributed by atoms with Crippen LogP contribution < -0.4 is 5.32 Å². The number of carbonyl (C=O) groups is 2. The Labute approximate surface area is 118 Å². The predicted octanol–water partition coefficient (Wildman–Crippen LogP) is 2.50. The van der Waals surface area contributed by atoms with Gasteiger partial charge in [0.1, 0.15) is 0 Å². The Bertz CT molecular complexity index is 654. The van der Waals surface area contributed by atoms with E-state index in [1.54, 1.807) is 12.1 Å². The van der Waals surface area contributed by atoms with Crippen LogP contribution in [0.25, 0.3) is 0 Å². The van der Waals surface area contributed by atoms with Gasteiger partial charge in [-0.15, -0.1) is 9.90 Å². The van der Waals surface area contributed by atoms with E-state index in [0.29, 0.717) is 15.7 Å². The highest BCUT2D eigenvalue weighted by Gasteiger charge is 2.13. The van der Waals surface area contributed by atoms with E-state index in [2.05, 4.69) is 15.5 Å². The fourth-order valence-corrected chi connectivity index (χ4v) is 1.75. The van der Waals surface area contributed by atoms with Gasteiger partial charge in [-0.25, -0.2) is 0 Å². The van der Waals surface area contributed by atoms with Gasteiger partial charge in [-0.1, -0.05) is 23.2 Å². The van der Waals surface area contributed by atoms with Crippen molar-refractivity contribution in [1.82, 2.24) is 15.0 Å². The minimum absolute atomic E-state index is 0.0150. The first-order valence-corrected chi connectivity index (χ1v) is 5.92. The van der Waals surface area contributed by atoms with Crippen molar-refractivity contribution >= 4 is 40.7 Å². The Balaban J connectivity index is 2.18. The SMILES string of the molecule is CC(=O)n1ncc(C(=O)Nc2ccc(Cl)cc2Cl)n1. The van der Waals surface area contributed by atoms with Crippen molar-refractivity contribution in [3.63, 3.8) is 0 Å². The van der Waals surface area contributed by atoms with Gasteiger partial charge >= 0.3 is 0 Å². The number of carbonyl (C=O) groups excluding carboxylic acids is 2. The molecule has 0 atom stereocenters. The van der Waals surface area contributed by atoms with Gasteiger partial charge in [0, 0.05) is 11.9 Å². The molecule has 0 saturated carbocycles. The van der Waals surface area contributed by atoms with E-state index >= 15 is 0 Å². The highest BCUT2D eigenvalue weighted by Crippen LogP contribution is 2.25. The van der Waals surface area contributed by atoms with Crippen LogP contribution in [0.2, 0.25) is 10.0 Å². The number of benzene rings is 1. The number of anilines is 1. The van der Waals surface area contributed by atoms with Gasteiger partial charge in [0.2, 0.25) is 0 Å². The number of aromatic nitrogens is 3. The summed E-state index contributed by atoms with van der Waals surface area (Å²) in [5, 5.41) is 10.7. The topological polar surface area (TPSA) is 76.9 Å². The Morgan fingerprint density at radius 3 is 2.63 bits per heavy atom. The summed E-state index contributed by atoms with van der Waals surface area (Å²) < 4.78 is 0. The maximum absolute atomic E-state index is 11.9. The van der Waals surface area contributed by atoms with Crippen molar-refractivity contribution in [3.8, 4) is 0 Å². The fraction of sp³-hybridized carbons (Fsp3) is 0.0909. The molecule has 0 fully saturated rings. The molecule has 0 radical (unpaired) electrons. The summed E-state index contributed by atoms with van der Waals surface area (Å²) in [5.41, 5.74) is 0.412. The first kappa shape index (κ1) is 13.5. The molecule has 0 saturated heterocycles. The smallest absolute Gasteiger partial charge is 0.277 e. The van der Waals surface area contributed by atoms with E-state index in [1.807, 2.05) is 0 Å². The Morgan fingerprint density at radius 1 is 1.32 bits per heavy atom. The Morgan fingerprint density at radius 2 is 2.05 bits per heavy atom. The average molecular weight is 299 g/mol. The number of halogens is 2. The molecular weight excluding hydrogens is 291 g/mol. The summed E-state index contributed by atoms with van der Waals surface area (Å²) in [6, 6.07) is 4.67. The van der Waals surface area contributed by atoms with Gasteiger partial charge in [0.25, 0.3) is 11.8 Å². The molecule has 19 heavy (non-hydrogen) atoms. The standard InChI is InChI=1S/C11H8Cl2N4O2/c1-6(18)17-14-5-10(16-17)11(19)15-9-3-2-7(12)4-8(9)13/h2-5H,1H3,(H,15,19). The summed E-state index contributed by atoms with van der Waals surface area (Å²) in [6.45, 7) is 1.29. The molecule has 1 N–H and O–H groups in total. The highest BCUT2D eigenvalue weighted by molar-refractivity contribution is 6.36. The number of rotatable bonds is 2. The largest absolute Gasteiger partial charge is 0.319 e. The maximum atomic E-state index is 11.9. The van der Waals surface area contributed by atoms with Crippen LogP contribution in [-0.2, 0) is 0 Å². The zero-order valence-electron chi connectivity index (χ0n) is 9.72. The fourth-order valence-electron chi connectivity index (χ4n) is 1.30. The van der Waals surface area contributed by atoms with E-state index in [0.717, 1.165) is 4.80 Å². The molecule has 98 valence electrons. The van der Waals surface area contributed by atoms with Gasteiger partial charge in [0.05, 0.1) is 16.9 Å².